The Hall–Kier alpha value is -0.267. The summed E-state index contributed by atoms with van der Waals surface area (Å²) in [6, 6.07) is 6.05. The van der Waals surface area contributed by atoms with Gasteiger partial charge in [0.1, 0.15) is 0 Å². The quantitative estimate of drug-likeness (QED) is 0.768. The molecule has 1 rings (SSSR count). The van der Waals surface area contributed by atoms with Crippen LogP contribution in [0, 0.1) is 0 Å². The molecule has 0 radical (unpaired) electrons. The summed E-state index contributed by atoms with van der Waals surface area (Å²) in [4.78, 5) is 0. The number of ether oxygens (including phenoxy) is 2. The Kier molecular flexibility index (Phi) is 6.10. The Morgan fingerprint density at radius 3 is 2.23 bits per heavy atom. The van der Waals surface area contributed by atoms with Crippen LogP contribution in [0.25, 0.3) is 0 Å². The SMILES string of the molecule is COc1ccc([CH2][Zn])cc1OC.Cl. The summed E-state index contributed by atoms with van der Waals surface area (Å²) < 4.78 is 10.3. The standard InChI is InChI=1S/C9H11O2.ClH.Zn/c1-7-4-5-8(10-2)9(6-7)11-3;;/h4-6H,1H2,2-3H3;1H;. The maximum Gasteiger partial charge on any atom is -0.147 e. The molecule has 0 N–H and O–H groups in total. The number of benzene rings is 1. The fraction of sp³-hybridized carbons (Fsp3) is 0.333. The number of rotatable bonds is 3. The van der Waals surface area contributed by atoms with Gasteiger partial charge in [-0.1, -0.05) is 0 Å². The number of hydrogen-bond donors (Lipinski definition) is 0. The minimum absolute atomic E-state index is 0. The van der Waals surface area contributed by atoms with Gasteiger partial charge in [0.15, 0.2) is 0 Å². The Morgan fingerprint density at radius 1 is 1.15 bits per heavy atom. The maximum absolute atomic E-state index is 5.17. The minimum atomic E-state index is 0. The van der Waals surface area contributed by atoms with E-state index >= 15 is 0 Å². The fourth-order valence-corrected chi connectivity index (χ4v) is 1.69. The molecule has 0 aliphatic rings. The van der Waals surface area contributed by atoms with E-state index in [1.165, 1.54) is 23.9 Å². The van der Waals surface area contributed by atoms with Gasteiger partial charge >= 0.3 is 82.3 Å². The van der Waals surface area contributed by atoms with Crippen LogP contribution in [0.1, 0.15) is 5.56 Å². The molecule has 0 bridgehead atoms. The van der Waals surface area contributed by atoms with Gasteiger partial charge in [-0.3, -0.25) is 0 Å². The normalized spacial score (nSPS) is 8.92. The van der Waals surface area contributed by atoms with Crippen LogP contribution in [0.3, 0.4) is 0 Å². The van der Waals surface area contributed by atoms with Crippen molar-refractivity contribution in [3.63, 3.8) is 0 Å². The fourth-order valence-electron chi connectivity index (χ4n) is 1.04. The van der Waals surface area contributed by atoms with Crippen LogP contribution in [-0.2, 0) is 23.3 Å². The average molecular weight is 253 g/mol. The molecule has 0 aromatic heterocycles. The molecule has 1 aromatic carbocycles. The summed E-state index contributed by atoms with van der Waals surface area (Å²) in [6.07, 6.45) is 0. The summed E-state index contributed by atoms with van der Waals surface area (Å²) >= 11 is 1.27. The van der Waals surface area contributed by atoms with Crippen molar-refractivity contribution in [2.75, 3.05) is 14.2 Å². The topological polar surface area (TPSA) is 18.5 Å². The molecule has 0 fully saturated rings. The van der Waals surface area contributed by atoms with E-state index in [9.17, 15) is 0 Å². The van der Waals surface area contributed by atoms with Crippen LogP contribution in [-0.4, -0.2) is 14.2 Å². The zero-order valence-electron chi connectivity index (χ0n) is 7.87. The summed E-state index contributed by atoms with van der Waals surface area (Å²) in [7, 11) is 3.31. The van der Waals surface area contributed by atoms with Crippen LogP contribution >= 0.6 is 12.4 Å². The Bertz CT molecular complexity index is 266. The van der Waals surface area contributed by atoms with Gasteiger partial charge in [0, 0.05) is 0 Å². The van der Waals surface area contributed by atoms with Gasteiger partial charge in [-0.2, -0.15) is 0 Å². The van der Waals surface area contributed by atoms with Crippen molar-refractivity contribution in [3.05, 3.63) is 23.8 Å². The summed E-state index contributed by atoms with van der Waals surface area (Å²) in [5, 5.41) is 1.14. The van der Waals surface area contributed by atoms with E-state index in [-0.39, 0.29) is 12.4 Å². The van der Waals surface area contributed by atoms with Crippen molar-refractivity contribution in [1.29, 1.82) is 0 Å². The van der Waals surface area contributed by atoms with Crippen molar-refractivity contribution in [2.24, 2.45) is 0 Å². The van der Waals surface area contributed by atoms with Gasteiger partial charge < -0.3 is 0 Å². The van der Waals surface area contributed by atoms with Crippen LogP contribution in [0.2, 0.25) is 0 Å². The summed E-state index contributed by atoms with van der Waals surface area (Å²) in [5.41, 5.74) is 1.31. The number of hydrogen-bond acceptors (Lipinski definition) is 2. The molecule has 0 saturated carbocycles. The third kappa shape index (κ3) is 3.17. The largest absolute Gasteiger partial charge is 0.147 e. The van der Waals surface area contributed by atoms with E-state index in [2.05, 4.69) is 6.07 Å². The van der Waals surface area contributed by atoms with Crippen LogP contribution < -0.4 is 9.47 Å². The molecule has 69 valence electrons. The molecule has 13 heavy (non-hydrogen) atoms. The van der Waals surface area contributed by atoms with Gasteiger partial charge in [-0.15, -0.1) is 12.4 Å². The van der Waals surface area contributed by atoms with E-state index in [0.29, 0.717) is 0 Å². The van der Waals surface area contributed by atoms with Crippen LogP contribution in [0.15, 0.2) is 18.2 Å². The molecular formula is C9H12ClO2Zn. The van der Waals surface area contributed by atoms with Gasteiger partial charge in [0.2, 0.25) is 0 Å². The van der Waals surface area contributed by atoms with Gasteiger partial charge in [-0.25, -0.2) is 0 Å². The van der Waals surface area contributed by atoms with Gasteiger partial charge in [-0.05, 0) is 0 Å². The molecule has 2 nitrogen and oxygen atoms in total. The van der Waals surface area contributed by atoms with Crippen molar-refractivity contribution < 1.29 is 27.8 Å². The van der Waals surface area contributed by atoms with Crippen LogP contribution in [0.5, 0.6) is 11.5 Å². The molecule has 0 unspecified atom stereocenters. The first-order valence-electron chi connectivity index (χ1n) is 3.82. The first-order valence-corrected chi connectivity index (χ1v) is 5.91. The van der Waals surface area contributed by atoms with E-state index in [1.54, 1.807) is 14.2 Å². The van der Waals surface area contributed by atoms with Crippen molar-refractivity contribution in [1.82, 2.24) is 0 Å². The molecule has 0 aliphatic heterocycles. The van der Waals surface area contributed by atoms with Crippen LogP contribution in [0.4, 0.5) is 0 Å². The third-order valence-electron chi connectivity index (χ3n) is 1.74. The maximum atomic E-state index is 5.17. The predicted molar refractivity (Wildman–Crippen MR) is 50.5 cm³/mol. The smallest absolute Gasteiger partial charge is 0.147 e. The van der Waals surface area contributed by atoms with Gasteiger partial charge in [0.25, 0.3) is 0 Å². The number of halogens is 1. The van der Waals surface area contributed by atoms with E-state index < -0.39 is 0 Å². The molecule has 1 aromatic rings. The number of methoxy groups -OCH3 is 2. The predicted octanol–water partition coefficient (Wildman–Crippen LogP) is 2.17. The zero-order valence-corrected chi connectivity index (χ0v) is 11.7. The zero-order chi connectivity index (χ0) is 8.97. The summed E-state index contributed by atoms with van der Waals surface area (Å²) in [6.45, 7) is 0. The molecule has 0 atom stereocenters. The van der Waals surface area contributed by atoms with Gasteiger partial charge in [0.05, 0.1) is 0 Å². The first-order chi connectivity index (χ1) is 5.81. The van der Waals surface area contributed by atoms with Crippen molar-refractivity contribution in [3.8, 4) is 11.5 Å². The van der Waals surface area contributed by atoms with Crippen molar-refractivity contribution >= 4 is 12.4 Å². The Morgan fingerprint density at radius 2 is 1.77 bits per heavy atom. The van der Waals surface area contributed by atoms with E-state index in [1.807, 2.05) is 12.1 Å². The second-order valence-corrected chi connectivity index (χ2v) is 3.49. The molecule has 0 amide bonds. The molecule has 0 saturated heterocycles. The van der Waals surface area contributed by atoms with Crippen molar-refractivity contribution in [2.45, 2.75) is 5.02 Å². The Balaban J connectivity index is 0.00000144. The van der Waals surface area contributed by atoms with E-state index in [4.69, 9.17) is 9.47 Å². The third-order valence-corrected chi connectivity index (χ3v) is 2.95. The monoisotopic (exact) mass is 251 g/mol. The average Bonchev–Trinajstić information content (AvgIpc) is 2.16. The second-order valence-electron chi connectivity index (χ2n) is 2.44. The Labute approximate surface area is 94.7 Å². The molecule has 0 spiro atoms. The molecule has 0 aliphatic carbocycles. The molecular weight excluding hydrogens is 241 g/mol. The molecule has 0 heterocycles. The summed E-state index contributed by atoms with van der Waals surface area (Å²) in [5.74, 6) is 1.62. The minimum Gasteiger partial charge on any atom is -0.147 e. The van der Waals surface area contributed by atoms with E-state index in [0.717, 1.165) is 16.5 Å². The molecule has 4 heteroatoms. The second kappa shape index (κ2) is 6.23. The first kappa shape index (κ1) is 12.7.